The minimum absolute atomic E-state index is 0.0203. The molecule has 1 atom stereocenters. The third kappa shape index (κ3) is 4.35. The smallest absolute Gasteiger partial charge is 0.227 e. The molecule has 1 aliphatic rings. The van der Waals surface area contributed by atoms with E-state index in [9.17, 15) is 15.0 Å². The number of carbonyl (C=O) groups is 1. The van der Waals surface area contributed by atoms with Crippen LogP contribution in [-0.2, 0) is 11.2 Å². The van der Waals surface area contributed by atoms with Gasteiger partial charge in [-0.05, 0) is 36.0 Å². The lowest BCUT2D eigenvalue weighted by molar-refractivity contribution is -0.131. The zero-order chi connectivity index (χ0) is 15.6. The van der Waals surface area contributed by atoms with E-state index in [1.165, 1.54) is 6.07 Å². The van der Waals surface area contributed by atoms with Crippen LogP contribution in [0.3, 0.4) is 0 Å². The first kappa shape index (κ1) is 16.1. The van der Waals surface area contributed by atoms with Crippen LogP contribution in [0.2, 0.25) is 5.02 Å². The van der Waals surface area contributed by atoms with Gasteiger partial charge in [0.15, 0.2) is 0 Å². The lowest BCUT2D eigenvalue weighted by atomic mass is 9.87. The number of aliphatic hydroxyl groups excluding tert-OH is 1. The van der Waals surface area contributed by atoms with E-state index >= 15 is 0 Å². The van der Waals surface area contributed by atoms with Gasteiger partial charge in [0.1, 0.15) is 5.75 Å². The molecule has 4 nitrogen and oxygen atoms in total. The molecule has 2 N–H and O–H groups in total. The summed E-state index contributed by atoms with van der Waals surface area (Å²) in [6.45, 7) is 5.36. The van der Waals surface area contributed by atoms with Gasteiger partial charge >= 0.3 is 0 Å². The molecule has 1 saturated heterocycles. The second-order valence-electron chi connectivity index (χ2n) is 6.59. The van der Waals surface area contributed by atoms with Crippen LogP contribution in [0.4, 0.5) is 0 Å². The van der Waals surface area contributed by atoms with E-state index in [0.717, 1.165) is 5.56 Å². The summed E-state index contributed by atoms with van der Waals surface area (Å²) in [7, 11) is 0. The minimum atomic E-state index is -0.346. The number of hydrogen-bond donors (Lipinski definition) is 2. The highest BCUT2D eigenvalue weighted by molar-refractivity contribution is 6.32. The topological polar surface area (TPSA) is 60.8 Å². The van der Waals surface area contributed by atoms with Gasteiger partial charge in [-0.2, -0.15) is 0 Å². The van der Waals surface area contributed by atoms with Crippen molar-refractivity contribution in [1.29, 1.82) is 0 Å². The van der Waals surface area contributed by atoms with Crippen LogP contribution in [0.15, 0.2) is 18.2 Å². The molecule has 21 heavy (non-hydrogen) atoms. The molecule has 1 aromatic rings. The van der Waals surface area contributed by atoms with Crippen molar-refractivity contribution in [2.24, 2.45) is 5.41 Å². The summed E-state index contributed by atoms with van der Waals surface area (Å²) in [6.07, 6.45) is 1.24. The van der Waals surface area contributed by atoms with E-state index in [1.807, 2.05) is 4.90 Å². The van der Waals surface area contributed by atoms with Gasteiger partial charge in [-0.3, -0.25) is 4.79 Å². The van der Waals surface area contributed by atoms with Crippen LogP contribution in [0.5, 0.6) is 5.75 Å². The molecule has 1 heterocycles. The van der Waals surface area contributed by atoms with Crippen molar-refractivity contribution < 1.29 is 15.0 Å². The van der Waals surface area contributed by atoms with Crippen LogP contribution in [-0.4, -0.2) is 40.2 Å². The summed E-state index contributed by atoms with van der Waals surface area (Å²) >= 11 is 5.87. The zero-order valence-corrected chi connectivity index (χ0v) is 13.2. The first-order valence-corrected chi connectivity index (χ1v) is 7.58. The second kappa shape index (κ2) is 6.24. The molecule has 1 aliphatic heterocycles. The standard InChI is InChI=1S/C16H22ClNO3/c1-16(2)9-12(19)5-6-18(10-16)15(21)8-11-3-4-14(20)13(17)7-11/h3-4,7,12,19-20H,5-6,8-10H2,1-2H3/t12-/m0/s1. The average molecular weight is 312 g/mol. The summed E-state index contributed by atoms with van der Waals surface area (Å²) in [4.78, 5) is 14.3. The van der Waals surface area contributed by atoms with Crippen molar-refractivity contribution in [3.05, 3.63) is 28.8 Å². The van der Waals surface area contributed by atoms with Crippen LogP contribution in [0.1, 0.15) is 32.3 Å². The molecule has 1 amide bonds. The first-order chi connectivity index (χ1) is 9.77. The maximum absolute atomic E-state index is 12.4. The molecule has 1 fully saturated rings. The Morgan fingerprint density at radius 3 is 2.86 bits per heavy atom. The van der Waals surface area contributed by atoms with Gasteiger partial charge in [-0.15, -0.1) is 0 Å². The van der Waals surface area contributed by atoms with Crippen molar-refractivity contribution in [3.63, 3.8) is 0 Å². The molecule has 0 bridgehead atoms. The van der Waals surface area contributed by atoms with Gasteiger partial charge < -0.3 is 15.1 Å². The Kier molecular flexibility index (Phi) is 4.79. The third-order valence-corrected chi connectivity index (χ3v) is 4.16. The SMILES string of the molecule is CC1(C)C[C@@H](O)CCN(C(=O)Cc2ccc(O)c(Cl)c2)C1. The monoisotopic (exact) mass is 311 g/mol. The van der Waals surface area contributed by atoms with Crippen LogP contribution in [0.25, 0.3) is 0 Å². The number of aliphatic hydroxyl groups is 1. The summed E-state index contributed by atoms with van der Waals surface area (Å²) in [5.41, 5.74) is 0.698. The van der Waals surface area contributed by atoms with Crippen LogP contribution >= 0.6 is 11.6 Å². The highest BCUT2D eigenvalue weighted by Gasteiger charge is 2.31. The van der Waals surface area contributed by atoms with E-state index in [2.05, 4.69) is 13.8 Å². The van der Waals surface area contributed by atoms with E-state index in [4.69, 9.17) is 11.6 Å². The zero-order valence-electron chi connectivity index (χ0n) is 12.5. The molecule has 1 aromatic carbocycles. The number of phenols is 1. The lowest BCUT2D eigenvalue weighted by Crippen LogP contribution is -2.38. The van der Waals surface area contributed by atoms with Gasteiger partial charge in [-0.1, -0.05) is 31.5 Å². The number of carbonyl (C=O) groups excluding carboxylic acids is 1. The Morgan fingerprint density at radius 1 is 1.48 bits per heavy atom. The Balaban J connectivity index is 2.06. The van der Waals surface area contributed by atoms with Crippen molar-refractivity contribution in [2.75, 3.05) is 13.1 Å². The molecule has 0 aromatic heterocycles. The quantitative estimate of drug-likeness (QED) is 0.882. The molecule has 0 aliphatic carbocycles. The van der Waals surface area contributed by atoms with Gasteiger partial charge in [0, 0.05) is 13.1 Å². The summed E-state index contributed by atoms with van der Waals surface area (Å²) in [5.74, 6) is 0.0471. The maximum atomic E-state index is 12.4. The summed E-state index contributed by atoms with van der Waals surface area (Å²) < 4.78 is 0. The molecule has 0 saturated carbocycles. The first-order valence-electron chi connectivity index (χ1n) is 7.20. The second-order valence-corrected chi connectivity index (χ2v) is 7.00. The number of amides is 1. The van der Waals surface area contributed by atoms with E-state index in [0.29, 0.717) is 25.9 Å². The molecular formula is C16H22ClNO3. The Hall–Kier alpha value is -1.26. The predicted octanol–water partition coefficient (Wildman–Crippen LogP) is 2.60. The molecular weight excluding hydrogens is 290 g/mol. The average Bonchev–Trinajstić information content (AvgIpc) is 2.51. The number of benzene rings is 1. The fourth-order valence-electron chi connectivity index (χ4n) is 2.86. The molecule has 0 radical (unpaired) electrons. The third-order valence-electron chi connectivity index (χ3n) is 3.86. The minimum Gasteiger partial charge on any atom is -0.506 e. The fourth-order valence-corrected chi connectivity index (χ4v) is 3.07. The van der Waals surface area contributed by atoms with Crippen LogP contribution in [0, 0.1) is 5.41 Å². The Bertz CT molecular complexity index is 530. The van der Waals surface area contributed by atoms with Gasteiger partial charge in [0.05, 0.1) is 17.5 Å². The fraction of sp³-hybridized carbons (Fsp3) is 0.562. The van der Waals surface area contributed by atoms with Crippen molar-refractivity contribution in [2.45, 2.75) is 39.2 Å². The predicted molar refractivity (Wildman–Crippen MR) is 82.4 cm³/mol. The molecule has 2 rings (SSSR count). The summed E-state index contributed by atoms with van der Waals surface area (Å²) in [6, 6.07) is 4.82. The number of phenolic OH excluding ortho intramolecular Hbond substituents is 1. The molecule has 0 spiro atoms. The molecule has 0 unspecified atom stereocenters. The Labute approximate surface area is 130 Å². The number of halogens is 1. The number of nitrogens with zero attached hydrogens (tertiary/aromatic N) is 1. The van der Waals surface area contributed by atoms with Crippen molar-refractivity contribution >= 4 is 17.5 Å². The van der Waals surface area contributed by atoms with Crippen molar-refractivity contribution in [1.82, 2.24) is 4.90 Å². The number of likely N-dealkylation sites (tertiary alicyclic amines) is 1. The largest absolute Gasteiger partial charge is 0.506 e. The number of aromatic hydroxyl groups is 1. The van der Waals surface area contributed by atoms with E-state index in [-0.39, 0.29) is 34.6 Å². The molecule has 116 valence electrons. The van der Waals surface area contributed by atoms with E-state index < -0.39 is 0 Å². The highest BCUT2D eigenvalue weighted by Crippen LogP contribution is 2.29. The van der Waals surface area contributed by atoms with Gasteiger partial charge in [-0.25, -0.2) is 0 Å². The highest BCUT2D eigenvalue weighted by atomic mass is 35.5. The Morgan fingerprint density at radius 2 is 2.19 bits per heavy atom. The van der Waals surface area contributed by atoms with Gasteiger partial charge in [0.2, 0.25) is 5.91 Å². The lowest BCUT2D eigenvalue weighted by Gasteiger charge is -2.29. The van der Waals surface area contributed by atoms with E-state index in [1.54, 1.807) is 12.1 Å². The maximum Gasteiger partial charge on any atom is 0.227 e. The van der Waals surface area contributed by atoms with Crippen molar-refractivity contribution in [3.8, 4) is 5.75 Å². The summed E-state index contributed by atoms with van der Waals surface area (Å²) in [5, 5.41) is 19.6. The normalized spacial score (nSPS) is 21.9. The number of hydrogen-bond acceptors (Lipinski definition) is 3. The molecule has 5 heteroatoms. The van der Waals surface area contributed by atoms with Crippen LogP contribution < -0.4 is 0 Å². The number of rotatable bonds is 2. The van der Waals surface area contributed by atoms with Gasteiger partial charge in [0.25, 0.3) is 0 Å².